The SMILES string of the molecule is CC(=O)OCCCCCC(C)(C)C(=O)N1CCOCC1. The molecule has 1 saturated heterocycles. The Hall–Kier alpha value is -1.10. The van der Waals surface area contributed by atoms with Crippen molar-refractivity contribution >= 4 is 11.9 Å². The van der Waals surface area contributed by atoms with E-state index >= 15 is 0 Å². The minimum atomic E-state index is -0.321. The van der Waals surface area contributed by atoms with Crippen molar-refractivity contribution < 1.29 is 19.1 Å². The maximum atomic E-state index is 12.4. The molecule has 0 spiro atoms. The zero-order valence-electron chi connectivity index (χ0n) is 12.9. The van der Waals surface area contributed by atoms with E-state index in [-0.39, 0.29) is 17.3 Å². The van der Waals surface area contributed by atoms with E-state index in [2.05, 4.69) is 0 Å². The fourth-order valence-electron chi connectivity index (χ4n) is 2.36. The summed E-state index contributed by atoms with van der Waals surface area (Å²) in [5, 5.41) is 0. The van der Waals surface area contributed by atoms with E-state index in [0.717, 1.165) is 25.7 Å². The van der Waals surface area contributed by atoms with Gasteiger partial charge in [-0.3, -0.25) is 9.59 Å². The summed E-state index contributed by atoms with van der Waals surface area (Å²) in [5.41, 5.74) is -0.321. The van der Waals surface area contributed by atoms with Gasteiger partial charge < -0.3 is 14.4 Å². The Kier molecular flexibility index (Phi) is 6.99. The van der Waals surface area contributed by atoms with E-state index in [1.54, 1.807) is 0 Å². The largest absolute Gasteiger partial charge is 0.466 e. The van der Waals surface area contributed by atoms with Gasteiger partial charge in [0.25, 0.3) is 0 Å². The molecule has 1 aliphatic rings. The zero-order valence-corrected chi connectivity index (χ0v) is 12.9. The van der Waals surface area contributed by atoms with Gasteiger partial charge in [0.15, 0.2) is 0 Å². The summed E-state index contributed by atoms with van der Waals surface area (Å²) >= 11 is 0. The van der Waals surface area contributed by atoms with Gasteiger partial charge in [0.1, 0.15) is 0 Å². The maximum absolute atomic E-state index is 12.4. The van der Waals surface area contributed by atoms with Crippen LogP contribution < -0.4 is 0 Å². The van der Waals surface area contributed by atoms with Gasteiger partial charge in [-0.05, 0) is 12.8 Å². The van der Waals surface area contributed by atoms with Gasteiger partial charge in [-0.15, -0.1) is 0 Å². The molecule has 1 rings (SSSR count). The van der Waals surface area contributed by atoms with Crippen LogP contribution in [0.25, 0.3) is 0 Å². The molecule has 0 unspecified atom stereocenters. The molecular weight excluding hydrogens is 258 g/mol. The number of carbonyl (C=O) groups is 2. The summed E-state index contributed by atoms with van der Waals surface area (Å²) in [5.74, 6) is -0.00592. The molecule has 116 valence electrons. The normalized spacial score (nSPS) is 16.1. The lowest BCUT2D eigenvalue weighted by molar-refractivity contribution is -0.145. The van der Waals surface area contributed by atoms with Gasteiger partial charge in [-0.25, -0.2) is 0 Å². The van der Waals surface area contributed by atoms with E-state index in [4.69, 9.17) is 9.47 Å². The van der Waals surface area contributed by atoms with Gasteiger partial charge in [0.05, 0.1) is 19.8 Å². The molecule has 0 aromatic carbocycles. The van der Waals surface area contributed by atoms with Gasteiger partial charge in [0, 0.05) is 25.4 Å². The molecule has 0 saturated carbocycles. The van der Waals surface area contributed by atoms with Crippen LogP contribution in [0.3, 0.4) is 0 Å². The highest BCUT2D eigenvalue weighted by Gasteiger charge is 2.32. The highest BCUT2D eigenvalue weighted by Crippen LogP contribution is 2.27. The quantitative estimate of drug-likeness (QED) is 0.530. The monoisotopic (exact) mass is 285 g/mol. The smallest absolute Gasteiger partial charge is 0.302 e. The first-order valence-corrected chi connectivity index (χ1v) is 7.44. The zero-order chi connectivity index (χ0) is 15.0. The predicted molar refractivity (Wildman–Crippen MR) is 76.3 cm³/mol. The second-order valence-corrected chi connectivity index (χ2v) is 5.94. The Morgan fingerprint density at radius 1 is 1.15 bits per heavy atom. The fourth-order valence-corrected chi connectivity index (χ4v) is 2.36. The van der Waals surface area contributed by atoms with E-state index in [1.807, 2.05) is 18.7 Å². The van der Waals surface area contributed by atoms with Gasteiger partial charge in [-0.1, -0.05) is 26.7 Å². The molecule has 0 aromatic heterocycles. The number of ether oxygens (including phenoxy) is 2. The van der Waals surface area contributed by atoms with Crippen LogP contribution in [-0.4, -0.2) is 49.7 Å². The highest BCUT2D eigenvalue weighted by atomic mass is 16.5. The molecule has 0 atom stereocenters. The summed E-state index contributed by atoms with van der Waals surface area (Å²) in [6.45, 7) is 8.61. The third-order valence-electron chi connectivity index (χ3n) is 3.63. The summed E-state index contributed by atoms with van der Waals surface area (Å²) in [7, 11) is 0. The van der Waals surface area contributed by atoms with Crippen LogP contribution in [-0.2, 0) is 19.1 Å². The summed E-state index contributed by atoms with van der Waals surface area (Å²) in [6, 6.07) is 0. The van der Waals surface area contributed by atoms with Crippen LogP contribution in [0.5, 0.6) is 0 Å². The third-order valence-corrected chi connectivity index (χ3v) is 3.63. The molecule has 0 N–H and O–H groups in total. The number of nitrogens with zero attached hydrogens (tertiary/aromatic N) is 1. The van der Waals surface area contributed by atoms with Crippen LogP contribution in [0.4, 0.5) is 0 Å². The standard InChI is InChI=1S/C15H27NO4/c1-13(17)20-10-6-4-5-7-15(2,3)14(18)16-8-11-19-12-9-16/h4-12H2,1-3H3. The third kappa shape index (κ3) is 5.90. The van der Waals surface area contributed by atoms with Crippen molar-refractivity contribution in [3.63, 3.8) is 0 Å². The van der Waals surface area contributed by atoms with Gasteiger partial charge in [-0.2, -0.15) is 0 Å². The minimum absolute atomic E-state index is 0.223. The van der Waals surface area contributed by atoms with Crippen LogP contribution in [0.2, 0.25) is 0 Å². The van der Waals surface area contributed by atoms with Crippen molar-refractivity contribution in [2.24, 2.45) is 5.41 Å². The molecule has 5 heteroatoms. The van der Waals surface area contributed by atoms with Gasteiger partial charge in [0.2, 0.25) is 5.91 Å². The number of carbonyl (C=O) groups excluding carboxylic acids is 2. The van der Waals surface area contributed by atoms with Gasteiger partial charge >= 0.3 is 5.97 Å². The number of morpholine rings is 1. The Bertz CT molecular complexity index is 322. The Balaban J connectivity index is 2.22. The maximum Gasteiger partial charge on any atom is 0.302 e. The molecule has 0 aliphatic carbocycles. The van der Waals surface area contributed by atoms with Crippen molar-refractivity contribution in [2.45, 2.75) is 46.5 Å². The lowest BCUT2D eigenvalue weighted by atomic mass is 9.85. The molecule has 5 nitrogen and oxygen atoms in total. The van der Waals surface area contributed by atoms with Crippen molar-refractivity contribution in [2.75, 3.05) is 32.9 Å². The number of unbranched alkanes of at least 4 members (excludes halogenated alkanes) is 2. The van der Waals surface area contributed by atoms with Crippen LogP contribution in [0.15, 0.2) is 0 Å². The number of hydrogen-bond donors (Lipinski definition) is 0. The minimum Gasteiger partial charge on any atom is -0.466 e. The van der Waals surface area contributed by atoms with E-state index in [9.17, 15) is 9.59 Å². The molecule has 0 aromatic rings. The van der Waals surface area contributed by atoms with Crippen molar-refractivity contribution in [1.82, 2.24) is 4.90 Å². The topological polar surface area (TPSA) is 55.8 Å². The van der Waals surface area contributed by atoms with Crippen molar-refractivity contribution in [3.8, 4) is 0 Å². The summed E-state index contributed by atoms with van der Waals surface area (Å²) in [4.78, 5) is 25.0. The Labute approximate surface area is 121 Å². The van der Waals surface area contributed by atoms with E-state index in [1.165, 1.54) is 6.92 Å². The lowest BCUT2D eigenvalue weighted by Crippen LogP contribution is -2.46. The molecule has 1 aliphatic heterocycles. The number of rotatable bonds is 7. The first-order valence-electron chi connectivity index (χ1n) is 7.44. The lowest BCUT2D eigenvalue weighted by Gasteiger charge is -2.34. The van der Waals surface area contributed by atoms with Crippen LogP contribution in [0.1, 0.15) is 46.5 Å². The Morgan fingerprint density at radius 3 is 2.40 bits per heavy atom. The Morgan fingerprint density at radius 2 is 1.80 bits per heavy atom. The molecule has 0 radical (unpaired) electrons. The molecular formula is C15H27NO4. The van der Waals surface area contributed by atoms with Crippen molar-refractivity contribution in [3.05, 3.63) is 0 Å². The van der Waals surface area contributed by atoms with Crippen LogP contribution >= 0.6 is 0 Å². The van der Waals surface area contributed by atoms with E-state index < -0.39 is 0 Å². The second kappa shape index (κ2) is 8.25. The van der Waals surface area contributed by atoms with E-state index in [0.29, 0.717) is 32.9 Å². The van der Waals surface area contributed by atoms with Crippen molar-refractivity contribution in [1.29, 1.82) is 0 Å². The first kappa shape index (κ1) is 17.0. The number of esters is 1. The average Bonchev–Trinajstić information content (AvgIpc) is 2.42. The molecule has 1 heterocycles. The average molecular weight is 285 g/mol. The summed E-state index contributed by atoms with van der Waals surface area (Å²) in [6.07, 6.45) is 3.68. The molecule has 1 fully saturated rings. The fraction of sp³-hybridized carbons (Fsp3) is 0.867. The highest BCUT2D eigenvalue weighted by molar-refractivity contribution is 5.82. The number of hydrogen-bond acceptors (Lipinski definition) is 4. The molecule has 20 heavy (non-hydrogen) atoms. The first-order chi connectivity index (χ1) is 9.43. The second-order valence-electron chi connectivity index (χ2n) is 5.94. The number of amides is 1. The van der Waals surface area contributed by atoms with Crippen LogP contribution in [0, 0.1) is 5.41 Å². The molecule has 0 bridgehead atoms. The predicted octanol–water partition coefficient (Wildman–Crippen LogP) is 1.99. The molecule has 1 amide bonds. The summed E-state index contributed by atoms with van der Waals surface area (Å²) < 4.78 is 10.2.